The number of halogens is 2. The second kappa shape index (κ2) is 8.26. The molecule has 0 aliphatic carbocycles. The maximum Gasteiger partial charge on any atom is 0.244 e. The Labute approximate surface area is 162 Å². The van der Waals surface area contributed by atoms with Crippen LogP contribution in [0.25, 0.3) is 0 Å². The van der Waals surface area contributed by atoms with Gasteiger partial charge >= 0.3 is 0 Å². The molecule has 9 heteroatoms. The molecule has 0 aliphatic heterocycles. The fourth-order valence-corrected chi connectivity index (χ4v) is 4.14. The first kappa shape index (κ1) is 20.5. The summed E-state index contributed by atoms with van der Waals surface area (Å²) in [4.78, 5) is 12.3. The second-order valence-corrected chi connectivity index (χ2v) is 8.08. The SMILES string of the molecule is COc1ccc(C)cc1S(=O)(=O)N[C@H](C)C(=O)Nc1c(Cl)cccc1Cl. The van der Waals surface area contributed by atoms with E-state index in [9.17, 15) is 13.2 Å². The molecule has 0 unspecified atom stereocenters. The lowest BCUT2D eigenvalue weighted by atomic mass is 10.2. The molecule has 2 rings (SSSR count). The van der Waals surface area contributed by atoms with Gasteiger partial charge in [0.2, 0.25) is 15.9 Å². The van der Waals surface area contributed by atoms with E-state index in [0.717, 1.165) is 5.56 Å². The fraction of sp³-hybridized carbons (Fsp3) is 0.235. The lowest BCUT2D eigenvalue weighted by Crippen LogP contribution is -2.41. The first-order valence-electron chi connectivity index (χ1n) is 7.57. The van der Waals surface area contributed by atoms with Crippen molar-refractivity contribution in [3.05, 3.63) is 52.0 Å². The summed E-state index contributed by atoms with van der Waals surface area (Å²) in [5, 5.41) is 3.03. The van der Waals surface area contributed by atoms with E-state index in [2.05, 4.69) is 10.0 Å². The minimum atomic E-state index is -3.98. The lowest BCUT2D eigenvalue weighted by molar-refractivity contribution is -0.117. The van der Waals surface area contributed by atoms with Gasteiger partial charge < -0.3 is 10.1 Å². The molecule has 0 aliphatic rings. The molecular weight excluding hydrogens is 399 g/mol. The number of anilines is 1. The molecule has 0 spiro atoms. The van der Waals surface area contributed by atoms with Crippen LogP contribution in [0.2, 0.25) is 10.0 Å². The van der Waals surface area contributed by atoms with Gasteiger partial charge in [0.1, 0.15) is 10.6 Å². The third kappa shape index (κ3) is 4.67. The number of hydrogen-bond donors (Lipinski definition) is 2. The van der Waals surface area contributed by atoms with Gasteiger partial charge in [-0.2, -0.15) is 4.72 Å². The molecule has 1 atom stereocenters. The summed E-state index contributed by atoms with van der Waals surface area (Å²) in [5.74, 6) is -0.417. The van der Waals surface area contributed by atoms with Crippen molar-refractivity contribution in [1.29, 1.82) is 0 Å². The number of hydrogen-bond acceptors (Lipinski definition) is 4. The maximum absolute atomic E-state index is 12.6. The zero-order chi connectivity index (χ0) is 19.5. The van der Waals surface area contributed by atoms with Gasteiger partial charge in [-0.05, 0) is 43.7 Å². The van der Waals surface area contributed by atoms with Gasteiger partial charge in [0.15, 0.2) is 0 Å². The molecular formula is C17H18Cl2N2O4S. The van der Waals surface area contributed by atoms with Crippen LogP contribution in [0.3, 0.4) is 0 Å². The van der Waals surface area contributed by atoms with Crippen LogP contribution < -0.4 is 14.8 Å². The number of rotatable bonds is 6. The highest BCUT2D eigenvalue weighted by molar-refractivity contribution is 7.89. The molecule has 1 amide bonds. The highest BCUT2D eigenvalue weighted by Gasteiger charge is 2.26. The van der Waals surface area contributed by atoms with Crippen molar-refractivity contribution < 1.29 is 17.9 Å². The van der Waals surface area contributed by atoms with Gasteiger partial charge in [0, 0.05) is 0 Å². The van der Waals surface area contributed by atoms with Gasteiger partial charge in [-0.1, -0.05) is 35.3 Å². The number of ether oxygens (including phenoxy) is 1. The van der Waals surface area contributed by atoms with Gasteiger partial charge in [-0.15, -0.1) is 0 Å². The van der Waals surface area contributed by atoms with E-state index < -0.39 is 22.0 Å². The first-order chi connectivity index (χ1) is 12.2. The van der Waals surface area contributed by atoms with E-state index in [-0.39, 0.29) is 26.4 Å². The number of nitrogens with one attached hydrogen (secondary N) is 2. The van der Waals surface area contributed by atoms with Gasteiger partial charge in [0.05, 0.1) is 28.9 Å². The molecule has 0 heterocycles. The molecule has 0 bridgehead atoms. The quantitative estimate of drug-likeness (QED) is 0.752. The molecule has 0 radical (unpaired) electrons. The number of carbonyl (C=O) groups excluding carboxylic acids is 1. The minimum Gasteiger partial charge on any atom is -0.495 e. The van der Waals surface area contributed by atoms with Crippen molar-refractivity contribution in [2.24, 2.45) is 0 Å². The van der Waals surface area contributed by atoms with Crippen molar-refractivity contribution in [3.8, 4) is 5.75 Å². The largest absolute Gasteiger partial charge is 0.495 e. The van der Waals surface area contributed by atoms with E-state index >= 15 is 0 Å². The summed E-state index contributed by atoms with van der Waals surface area (Å²) in [7, 11) is -2.61. The number of aryl methyl sites for hydroxylation is 1. The average molecular weight is 417 g/mol. The Bertz CT molecular complexity index is 912. The Morgan fingerprint density at radius 1 is 1.15 bits per heavy atom. The third-order valence-corrected chi connectivity index (χ3v) is 5.74. The van der Waals surface area contributed by atoms with E-state index in [1.54, 1.807) is 37.3 Å². The van der Waals surface area contributed by atoms with Crippen LogP contribution in [0.1, 0.15) is 12.5 Å². The highest BCUT2D eigenvalue weighted by atomic mass is 35.5. The summed E-state index contributed by atoms with van der Waals surface area (Å²) < 4.78 is 32.7. The van der Waals surface area contributed by atoms with Crippen molar-refractivity contribution in [2.75, 3.05) is 12.4 Å². The highest BCUT2D eigenvalue weighted by Crippen LogP contribution is 2.30. The standard InChI is InChI=1S/C17H18Cl2N2O4S/c1-10-7-8-14(25-3)15(9-10)26(23,24)21-11(2)17(22)20-16-12(18)5-4-6-13(16)19/h4-9,11,21H,1-3H3,(H,20,22)/t11-/m1/s1. The van der Waals surface area contributed by atoms with E-state index in [1.807, 2.05) is 0 Å². The zero-order valence-electron chi connectivity index (χ0n) is 14.3. The van der Waals surface area contributed by atoms with Crippen LogP contribution in [0, 0.1) is 6.92 Å². The number of para-hydroxylation sites is 1. The zero-order valence-corrected chi connectivity index (χ0v) is 16.7. The van der Waals surface area contributed by atoms with Crippen LogP contribution >= 0.6 is 23.2 Å². The number of sulfonamides is 1. The fourth-order valence-electron chi connectivity index (χ4n) is 2.19. The average Bonchev–Trinajstić information content (AvgIpc) is 2.57. The van der Waals surface area contributed by atoms with Gasteiger partial charge in [-0.3, -0.25) is 4.79 Å². The molecule has 26 heavy (non-hydrogen) atoms. The topological polar surface area (TPSA) is 84.5 Å². The smallest absolute Gasteiger partial charge is 0.244 e. The Kier molecular flexibility index (Phi) is 6.52. The van der Waals surface area contributed by atoms with Crippen molar-refractivity contribution >= 4 is 44.8 Å². The third-order valence-electron chi connectivity index (χ3n) is 3.54. The van der Waals surface area contributed by atoms with Crippen molar-refractivity contribution in [2.45, 2.75) is 24.8 Å². The van der Waals surface area contributed by atoms with Crippen LogP contribution in [-0.4, -0.2) is 27.5 Å². The van der Waals surface area contributed by atoms with Gasteiger partial charge in [-0.25, -0.2) is 8.42 Å². The number of benzene rings is 2. The van der Waals surface area contributed by atoms with Crippen LogP contribution in [0.5, 0.6) is 5.75 Å². The monoisotopic (exact) mass is 416 g/mol. The summed E-state index contributed by atoms with van der Waals surface area (Å²) in [6, 6.07) is 8.45. The molecule has 2 N–H and O–H groups in total. The summed E-state index contributed by atoms with van der Waals surface area (Å²) in [5.41, 5.74) is 0.964. The summed E-state index contributed by atoms with van der Waals surface area (Å²) in [6.45, 7) is 3.17. The van der Waals surface area contributed by atoms with Crippen LogP contribution in [-0.2, 0) is 14.8 Å². The molecule has 2 aromatic carbocycles. The van der Waals surface area contributed by atoms with Crippen LogP contribution in [0.15, 0.2) is 41.3 Å². The summed E-state index contributed by atoms with van der Waals surface area (Å²) in [6.07, 6.45) is 0. The second-order valence-electron chi connectivity index (χ2n) is 5.58. The van der Waals surface area contributed by atoms with E-state index in [4.69, 9.17) is 27.9 Å². The predicted molar refractivity (Wildman–Crippen MR) is 103 cm³/mol. The maximum atomic E-state index is 12.6. The van der Waals surface area contributed by atoms with Gasteiger partial charge in [0.25, 0.3) is 0 Å². The number of amides is 1. The normalized spacial score (nSPS) is 12.5. The van der Waals surface area contributed by atoms with Crippen molar-refractivity contribution in [1.82, 2.24) is 4.72 Å². The molecule has 140 valence electrons. The van der Waals surface area contributed by atoms with Crippen molar-refractivity contribution in [3.63, 3.8) is 0 Å². The molecule has 0 aromatic heterocycles. The lowest BCUT2D eigenvalue weighted by Gasteiger charge is -2.17. The van der Waals surface area contributed by atoms with E-state index in [1.165, 1.54) is 20.1 Å². The molecule has 2 aromatic rings. The minimum absolute atomic E-state index is 0.0459. The Morgan fingerprint density at radius 3 is 2.35 bits per heavy atom. The number of carbonyl (C=O) groups is 1. The molecule has 0 saturated carbocycles. The first-order valence-corrected chi connectivity index (χ1v) is 9.81. The molecule has 0 fully saturated rings. The predicted octanol–water partition coefficient (Wildman–Crippen LogP) is 3.62. The Balaban J connectivity index is 2.22. The number of methoxy groups -OCH3 is 1. The van der Waals surface area contributed by atoms with E-state index in [0.29, 0.717) is 0 Å². The Hall–Kier alpha value is -1.80. The van der Waals surface area contributed by atoms with Crippen LogP contribution in [0.4, 0.5) is 5.69 Å². The summed E-state index contributed by atoms with van der Waals surface area (Å²) >= 11 is 12.0. The Morgan fingerprint density at radius 2 is 1.77 bits per heavy atom. The molecule has 0 saturated heterocycles. The molecule has 6 nitrogen and oxygen atoms in total.